The lowest BCUT2D eigenvalue weighted by Gasteiger charge is -2.05. The Balaban J connectivity index is 2.61. The second-order valence-corrected chi connectivity index (χ2v) is 6.43. The summed E-state index contributed by atoms with van der Waals surface area (Å²) < 4.78 is 23.9. The van der Waals surface area contributed by atoms with Crippen molar-refractivity contribution in [2.45, 2.75) is 25.7 Å². The molecule has 0 saturated heterocycles. The highest BCUT2D eigenvalue weighted by atomic mass is 32.2. The Kier molecular flexibility index (Phi) is 3.99. The van der Waals surface area contributed by atoms with Crippen LogP contribution in [-0.4, -0.2) is 29.8 Å². The monoisotopic (exact) mass is 321 g/mol. The summed E-state index contributed by atoms with van der Waals surface area (Å²) in [5.74, 6) is -0.566. The predicted octanol–water partition coefficient (Wildman–Crippen LogP) is 1.23. The van der Waals surface area contributed by atoms with Crippen LogP contribution in [0.3, 0.4) is 0 Å². The van der Waals surface area contributed by atoms with E-state index < -0.39 is 10.0 Å². The highest BCUT2D eigenvalue weighted by molar-refractivity contribution is 7.89. The fourth-order valence-electron chi connectivity index (χ4n) is 2.20. The van der Waals surface area contributed by atoms with Gasteiger partial charge < -0.3 is 0 Å². The summed E-state index contributed by atoms with van der Waals surface area (Å²) in [5, 5.41) is 9.20. The third kappa shape index (κ3) is 2.83. The van der Waals surface area contributed by atoms with Gasteiger partial charge in [0.05, 0.1) is 21.8 Å². The van der Waals surface area contributed by atoms with Crippen LogP contribution in [0.25, 0.3) is 5.69 Å². The number of hydrogen-bond acceptors (Lipinski definition) is 5. The number of nitrogens with two attached hydrogens (primary N) is 1. The maximum atomic E-state index is 11.7. The summed E-state index contributed by atoms with van der Waals surface area (Å²) in [5.41, 5.74) is 1.41. The highest BCUT2D eigenvalue weighted by Crippen LogP contribution is 2.20. The number of primary sulfonamides is 1. The van der Waals surface area contributed by atoms with Crippen molar-refractivity contribution < 1.29 is 18.0 Å². The first-order valence-electron chi connectivity index (χ1n) is 6.37. The van der Waals surface area contributed by atoms with Crippen LogP contribution in [0.1, 0.15) is 40.4 Å². The molecular weight excluding hydrogens is 306 g/mol. The number of carbonyl (C=O) groups excluding carboxylic acids is 2. The van der Waals surface area contributed by atoms with E-state index in [2.05, 4.69) is 5.10 Å². The molecule has 116 valence electrons. The number of aromatic nitrogens is 2. The largest absolute Gasteiger partial charge is 0.294 e. The Morgan fingerprint density at radius 3 is 2.00 bits per heavy atom. The first-order chi connectivity index (χ1) is 10.1. The lowest BCUT2D eigenvalue weighted by atomic mass is 10.1. The van der Waals surface area contributed by atoms with Gasteiger partial charge in [-0.1, -0.05) is 0 Å². The van der Waals surface area contributed by atoms with Crippen molar-refractivity contribution in [2.24, 2.45) is 5.14 Å². The zero-order valence-electron chi connectivity index (χ0n) is 12.3. The summed E-state index contributed by atoms with van der Waals surface area (Å²) in [7, 11) is -3.78. The SMILES string of the molecule is CC(=O)c1nn(-c2ccc(S(N)(=O)=O)cc2)c(C)c1C(C)=O. The molecule has 0 amide bonds. The van der Waals surface area contributed by atoms with Gasteiger partial charge in [-0.05, 0) is 38.1 Å². The van der Waals surface area contributed by atoms with Crippen LogP contribution in [0.2, 0.25) is 0 Å². The molecule has 0 saturated carbocycles. The fraction of sp³-hybridized carbons (Fsp3) is 0.214. The Hall–Kier alpha value is -2.32. The minimum atomic E-state index is -3.78. The number of ketones is 2. The summed E-state index contributed by atoms with van der Waals surface area (Å²) in [6.07, 6.45) is 0. The van der Waals surface area contributed by atoms with E-state index in [9.17, 15) is 18.0 Å². The van der Waals surface area contributed by atoms with E-state index in [-0.39, 0.29) is 27.7 Å². The third-order valence-electron chi connectivity index (χ3n) is 3.21. The van der Waals surface area contributed by atoms with Crippen LogP contribution >= 0.6 is 0 Å². The zero-order valence-corrected chi connectivity index (χ0v) is 13.1. The molecule has 8 heteroatoms. The highest BCUT2D eigenvalue weighted by Gasteiger charge is 2.22. The number of rotatable bonds is 4. The molecule has 0 radical (unpaired) electrons. The van der Waals surface area contributed by atoms with Gasteiger partial charge in [-0.25, -0.2) is 18.2 Å². The van der Waals surface area contributed by atoms with Crippen LogP contribution in [0.15, 0.2) is 29.2 Å². The van der Waals surface area contributed by atoms with Crippen molar-refractivity contribution >= 4 is 21.6 Å². The molecular formula is C14H15N3O4S. The first kappa shape index (κ1) is 16.1. The third-order valence-corrected chi connectivity index (χ3v) is 4.14. The Bertz CT molecular complexity index is 864. The second kappa shape index (κ2) is 5.47. The number of Topliss-reactive ketones (excluding diaryl/α,β-unsaturated/α-hetero) is 2. The quantitative estimate of drug-likeness (QED) is 0.851. The van der Waals surface area contributed by atoms with Gasteiger partial charge in [-0.2, -0.15) is 5.10 Å². The number of carbonyl (C=O) groups is 2. The average Bonchev–Trinajstić information content (AvgIpc) is 2.76. The molecule has 7 nitrogen and oxygen atoms in total. The van der Waals surface area contributed by atoms with Crippen LogP contribution < -0.4 is 5.14 Å². The molecule has 2 rings (SSSR count). The van der Waals surface area contributed by atoms with E-state index >= 15 is 0 Å². The molecule has 1 aromatic heterocycles. The zero-order chi connectivity index (χ0) is 16.7. The van der Waals surface area contributed by atoms with Gasteiger partial charge in [0.15, 0.2) is 11.6 Å². The molecule has 22 heavy (non-hydrogen) atoms. The van der Waals surface area contributed by atoms with Gasteiger partial charge >= 0.3 is 0 Å². The summed E-state index contributed by atoms with van der Waals surface area (Å²) in [6, 6.07) is 5.69. The number of nitrogens with zero attached hydrogens (tertiary/aromatic N) is 2. The van der Waals surface area contributed by atoms with Crippen molar-refractivity contribution in [1.82, 2.24) is 9.78 Å². The Morgan fingerprint density at radius 2 is 1.64 bits per heavy atom. The number of hydrogen-bond donors (Lipinski definition) is 1. The normalized spacial score (nSPS) is 11.5. The smallest absolute Gasteiger partial charge is 0.238 e. The van der Waals surface area contributed by atoms with Crippen LogP contribution in [0.5, 0.6) is 0 Å². The van der Waals surface area contributed by atoms with E-state index in [1.165, 1.54) is 42.8 Å². The molecule has 0 spiro atoms. The van der Waals surface area contributed by atoms with E-state index in [4.69, 9.17) is 5.14 Å². The van der Waals surface area contributed by atoms with Crippen LogP contribution in [0.4, 0.5) is 0 Å². The van der Waals surface area contributed by atoms with E-state index in [1.54, 1.807) is 6.92 Å². The fourth-order valence-corrected chi connectivity index (χ4v) is 2.71. The lowest BCUT2D eigenvalue weighted by molar-refractivity contribution is 0.0978. The van der Waals surface area contributed by atoms with Gasteiger partial charge in [0.1, 0.15) is 5.69 Å². The van der Waals surface area contributed by atoms with Gasteiger partial charge in [0.25, 0.3) is 0 Å². The molecule has 2 N–H and O–H groups in total. The van der Waals surface area contributed by atoms with E-state index in [0.29, 0.717) is 11.4 Å². The van der Waals surface area contributed by atoms with Gasteiger partial charge in [-0.15, -0.1) is 0 Å². The van der Waals surface area contributed by atoms with Gasteiger partial charge in [0.2, 0.25) is 10.0 Å². The second-order valence-electron chi connectivity index (χ2n) is 4.87. The molecule has 2 aromatic rings. The summed E-state index contributed by atoms with van der Waals surface area (Å²) in [6.45, 7) is 4.37. The molecule has 0 aliphatic rings. The first-order valence-corrected chi connectivity index (χ1v) is 7.92. The number of benzene rings is 1. The minimum Gasteiger partial charge on any atom is -0.294 e. The van der Waals surface area contributed by atoms with Crippen molar-refractivity contribution in [3.8, 4) is 5.69 Å². The van der Waals surface area contributed by atoms with Crippen LogP contribution in [-0.2, 0) is 10.0 Å². The van der Waals surface area contributed by atoms with Crippen molar-refractivity contribution in [1.29, 1.82) is 0 Å². The van der Waals surface area contributed by atoms with Crippen LogP contribution in [0, 0.1) is 6.92 Å². The molecule has 0 unspecified atom stereocenters. The molecule has 0 aliphatic carbocycles. The maximum absolute atomic E-state index is 11.7. The van der Waals surface area contributed by atoms with E-state index in [1.807, 2.05) is 0 Å². The number of sulfonamides is 1. The molecule has 1 heterocycles. The predicted molar refractivity (Wildman–Crippen MR) is 79.7 cm³/mol. The van der Waals surface area contributed by atoms with Gasteiger partial charge in [-0.3, -0.25) is 9.59 Å². The summed E-state index contributed by atoms with van der Waals surface area (Å²) >= 11 is 0. The standard InChI is InChI=1S/C14H15N3O4S/c1-8-13(9(2)18)14(10(3)19)16-17(8)11-4-6-12(7-5-11)22(15,20)21/h4-7H,1-3H3,(H2,15,20,21). The Morgan fingerprint density at radius 1 is 1.09 bits per heavy atom. The van der Waals surface area contributed by atoms with E-state index in [0.717, 1.165) is 0 Å². The van der Waals surface area contributed by atoms with Crippen molar-refractivity contribution in [2.75, 3.05) is 0 Å². The minimum absolute atomic E-state index is 0.0281. The molecule has 0 fully saturated rings. The maximum Gasteiger partial charge on any atom is 0.238 e. The lowest BCUT2D eigenvalue weighted by Crippen LogP contribution is -2.12. The molecule has 1 aromatic carbocycles. The van der Waals surface area contributed by atoms with Crippen molar-refractivity contribution in [3.63, 3.8) is 0 Å². The van der Waals surface area contributed by atoms with Gasteiger partial charge in [0, 0.05) is 6.92 Å². The van der Waals surface area contributed by atoms with Crippen molar-refractivity contribution in [3.05, 3.63) is 41.2 Å². The summed E-state index contributed by atoms with van der Waals surface area (Å²) in [4.78, 5) is 23.3. The molecule has 0 bridgehead atoms. The molecule has 0 aliphatic heterocycles. The topological polar surface area (TPSA) is 112 Å². The molecule has 0 atom stereocenters. The Labute approximate surface area is 127 Å². The average molecular weight is 321 g/mol.